The normalized spacial score (nSPS) is 14.5. The lowest BCUT2D eigenvalue weighted by molar-refractivity contribution is -0.144. The van der Waals surface area contributed by atoms with Crippen LogP contribution in [0.5, 0.6) is 0 Å². The SMILES string of the molecule is CC(C)C[C@H](N)C(=O)N[C@H](C(=O)N[C@@H](Cc1ccccc1)C(=O)NCC(=O)N[C@@H](CC(=O)O)C(=O)N[C@@H](Cc1ccccc1)C(=O)N[C@@H](CC(=O)O)C(=O)N[C@@H](CCC(=O)O)C(=O)O)[C@@H](C)O. The number of nitrogens with one attached hydrogen (secondary N) is 7. The van der Waals surface area contributed by atoms with Gasteiger partial charge in [-0.05, 0) is 36.8 Å². The van der Waals surface area contributed by atoms with Crippen molar-refractivity contribution in [2.75, 3.05) is 6.54 Å². The molecule has 24 heteroatoms. The monoisotopic (exact) mass is 942 g/mol. The number of carbonyl (C=O) groups is 11. The fraction of sp³-hybridized carbons (Fsp3) is 0.465. The summed E-state index contributed by atoms with van der Waals surface area (Å²) in [7, 11) is 0. The molecule has 0 saturated heterocycles. The molecule has 0 radical (unpaired) electrons. The second-order valence-electron chi connectivity index (χ2n) is 15.9. The average molecular weight is 943 g/mol. The molecule has 0 heterocycles. The molecule has 14 N–H and O–H groups in total. The molecule has 0 aliphatic heterocycles. The van der Waals surface area contributed by atoms with Gasteiger partial charge in [0.25, 0.3) is 0 Å². The van der Waals surface area contributed by atoms with E-state index in [4.69, 9.17) is 10.8 Å². The van der Waals surface area contributed by atoms with Crippen LogP contribution in [0.15, 0.2) is 60.7 Å². The fourth-order valence-corrected chi connectivity index (χ4v) is 6.31. The maximum Gasteiger partial charge on any atom is 0.326 e. The molecule has 8 atom stereocenters. The molecule has 0 bridgehead atoms. The Morgan fingerprint density at radius 1 is 0.522 bits per heavy atom. The van der Waals surface area contributed by atoms with E-state index in [2.05, 4.69) is 31.9 Å². The van der Waals surface area contributed by atoms with Gasteiger partial charge in [-0.3, -0.25) is 47.9 Å². The predicted octanol–water partition coefficient (Wildman–Crippen LogP) is -2.85. The van der Waals surface area contributed by atoms with Crippen molar-refractivity contribution in [1.29, 1.82) is 0 Å². The molecule has 2 aromatic carbocycles. The number of aliphatic hydroxyl groups is 1. The molecular weight excluding hydrogens is 885 g/mol. The number of aliphatic carboxylic acids is 4. The van der Waals surface area contributed by atoms with E-state index in [1.165, 1.54) is 19.1 Å². The zero-order chi connectivity index (χ0) is 50.4. The van der Waals surface area contributed by atoms with Gasteiger partial charge < -0.3 is 68.5 Å². The van der Waals surface area contributed by atoms with Gasteiger partial charge in [-0.25, -0.2) is 4.79 Å². The van der Waals surface area contributed by atoms with E-state index in [0.29, 0.717) is 11.1 Å². The Kier molecular flexibility index (Phi) is 23.1. The molecule has 7 amide bonds. The summed E-state index contributed by atoms with van der Waals surface area (Å²) >= 11 is 0. The standard InChI is InChI=1S/C43H58N8O16/c1-22(2)16-26(44)37(60)51-36(23(3)52)42(65)50-28(17-24-10-6-4-7-11-24)38(61)45-21-32(53)46-30(19-34(56)57)40(63)48-29(18-25-12-8-5-9-13-25)39(62)49-31(20-35(58)59)41(64)47-27(43(66)67)14-15-33(54)55/h4-13,22-23,26-31,36,52H,14-21,44H2,1-3H3,(H,45,61)(H,46,53)(H,47,64)(H,48,63)(H,49,62)(H,50,65)(H,51,60)(H,54,55)(H,56,57)(H,58,59)(H,66,67)/t23-,26+,27+,28+,29+,30+,31+,36+/m1/s1. The Morgan fingerprint density at radius 2 is 0.955 bits per heavy atom. The van der Waals surface area contributed by atoms with Crippen molar-refractivity contribution in [2.24, 2.45) is 11.7 Å². The van der Waals surface area contributed by atoms with Crippen molar-refractivity contribution in [2.45, 2.75) is 114 Å². The zero-order valence-electron chi connectivity index (χ0n) is 36.9. The van der Waals surface area contributed by atoms with Crippen molar-refractivity contribution >= 4 is 65.2 Å². The van der Waals surface area contributed by atoms with E-state index in [1.54, 1.807) is 48.5 Å². The fourth-order valence-electron chi connectivity index (χ4n) is 6.31. The molecule has 0 aromatic heterocycles. The van der Waals surface area contributed by atoms with Crippen molar-refractivity contribution in [3.63, 3.8) is 0 Å². The molecule has 2 aromatic rings. The lowest BCUT2D eigenvalue weighted by Crippen LogP contribution is -2.60. The molecule has 0 aliphatic carbocycles. The van der Waals surface area contributed by atoms with Crippen LogP contribution in [0.1, 0.15) is 64.0 Å². The van der Waals surface area contributed by atoms with Crippen LogP contribution in [0.3, 0.4) is 0 Å². The maximum atomic E-state index is 13.7. The maximum absolute atomic E-state index is 13.7. The van der Waals surface area contributed by atoms with Gasteiger partial charge in [0, 0.05) is 19.3 Å². The Hall–Kier alpha value is -7.47. The minimum Gasteiger partial charge on any atom is -0.481 e. The van der Waals surface area contributed by atoms with Crippen LogP contribution in [0, 0.1) is 5.92 Å². The first-order chi connectivity index (χ1) is 31.5. The number of hydrogen-bond donors (Lipinski definition) is 13. The summed E-state index contributed by atoms with van der Waals surface area (Å²) in [4.78, 5) is 140. The van der Waals surface area contributed by atoms with E-state index in [0.717, 1.165) is 0 Å². The van der Waals surface area contributed by atoms with Crippen molar-refractivity contribution < 1.29 is 78.3 Å². The molecular formula is C43H58N8O16. The number of amides is 7. The van der Waals surface area contributed by atoms with Crippen LogP contribution < -0.4 is 43.0 Å². The highest BCUT2D eigenvalue weighted by molar-refractivity contribution is 5.98. The summed E-state index contributed by atoms with van der Waals surface area (Å²) < 4.78 is 0. The van der Waals surface area contributed by atoms with Crippen molar-refractivity contribution in [3.05, 3.63) is 71.8 Å². The Bertz CT molecular complexity index is 2070. The van der Waals surface area contributed by atoms with Gasteiger partial charge >= 0.3 is 23.9 Å². The highest BCUT2D eigenvalue weighted by Crippen LogP contribution is 2.09. The van der Waals surface area contributed by atoms with Crippen LogP contribution in [0.2, 0.25) is 0 Å². The Balaban J connectivity index is 2.31. The first kappa shape index (κ1) is 55.7. The van der Waals surface area contributed by atoms with Gasteiger partial charge in [-0.15, -0.1) is 0 Å². The number of carboxylic acids is 4. The third kappa shape index (κ3) is 20.9. The van der Waals surface area contributed by atoms with E-state index in [9.17, 15) is 73.2 Å². The highest BCUT2D eigenvalue weighted by Gasteiger charge is 2.35. The zero-order valence-corrected chi connectivity index (χ0v) is 36.9. The van der Waals surface area contributed by atoms with Gasteiger partial charge in [0.15, 0.2) is 0 Å². The van der Waals surface area contributed by atoms with Crippen molar-refractivity contribution in [3.8, 4) is 0 Å². The predicted molar refractivity (Wildman–Crippen MR) is 233 cm³/mol. The number of carbonyl (C=O) groups excluding carboxylic acids is 7. The van der Waals surface area contributed by atoms with Crippen LogP contribution in [0.25, 0.3) is 0 Å². The van der Waals surface area contributed by atoms with Gasteiger partial charge in [-0.1, -0.05) is 74.5 Å². The average Bonchev–Trinajstić information content (AvgIpc) is 3.24. The summed E-state index contributed by atoms with van der Waals surface area (Å²) in [5.74, 6) is -13.8. The molecule has 366 valence electrons. The molecule has 2 rings (SSSR count). The number of benzene rings is 2. The van der Waals surface area contributed by atoms with Gasteiger partial charge in [0.2, 0.25) is 41.4 Å². The minimum atomic E-state index is -1.97. The lowest BCUT2D eigenvalue weighted by Gasteiger charge is -2.26. The largest absolute Gasteiger partial charge is 0.481 e. The molecule has 0 spiro atoms. The summed E-state index contributed by atoms with van der Waals surface area (Å²) in [5.41, 5.74) is 6.90. The molecule has 0 aliphatic rings. The number of carboxylic acid groups (broad SMARTS) is 4. The van der Waals surface area contributed by atoms with Gasteiger partial charge in [0.1, 0.15) is 36.3 Å². The Morgan fingerprint density at radius 3 is 1.40 bits per heavy atom. The number of aliphatic hydroxyl groups excluding tert-OH is 1. The van der Waals surface area contributed by atoms with Crippen LogP contribution >= 0.6 is 0 Å². The van der Waals surface area contributed by atoms with Crippen LogP contribution in [-0.4, -0.2) is 146 Å². The van der Waals surface area contributed by atoms with Crippen molar-refractivity contribution in [1.82, 2.24) is 37.2 Å². The molecule has 24 nitrogen and oxygen atoms in total. The van der Waals surface area contributed by atoms with E-state index in [-0.39, 0.29) is 25.2 Å². The molecule has 0 fully saturated rings. The van der Waals surface area contributed by atoms with Crippen LogP contribution in [0.4, 0.5) is 0 Å². The smallest absolute Gasteiger partial charge is 0.326 e. The van der Waals surface area contributed by atoms with Gasteiger partial charge in [0.05, 0.1) is 31.5 Å². The van der Waals surface area contributed by atoms with E-state index in [1.807, 2.05) is 19.2 Å². The topological polar surface area (TPSA) is 399 Å². The number of rotatable bonds is 29. The summed E-state index contributed by atoms with van der Waals surface area (Å²) in [6.07, 6.45) is -5.12. The highest BCUT2D eigenvalue weighted by atomic mass is 16.4. The molecule has 0 unspecified atom stereocenters. The number of nitrogens with two attached hydrogens (primary N) is 1. The van der Waals surface area contributed by atoms with Crippen LogP contribution in [-0.2, 0) is 65.6 Å². The first-order valence-corrected chi connectivity index (χ1v) is 21.0. The second kappa shape index (κ2) is 27.8. The molecule has 0 saturated carbocycles. The third-order valence-corrected chi connectivity index (χ3v) is 9.68. The first-order valence-electron chi connectivity index (χ1n) is 21.0. The van der Waals surface area contributed by atoms with E-state index >= 15 is 0 Å². The van der Waals surface area contributed by atoms with Gasteiger partial charge in [-0.2, -0.15) is 0 Å². The van der Waals surface area contributed by atoms with E-state index < -0.39 is 146 Å². The minimum absolute atomic E-state index is 0.0303. The lowest BCUT2D eigenvalue weighted by atomic mass is 10.0. The summed E-state index contributed by atoms with van der Waals surface area (Å²) in [6, 6.07) is 4.75. The molecule has 67 heavy (non-hydrogen) atoms. The summed E-state index contributed by atoms with van der Waals surface area (Å²) in [6.45, 7) is 4.00. The second-order valence-corrected chi connectivity index (χ2v) is 15.9. The third-order valence-electron chi connectivity index (χ3n) is 9.68. The number of hydrogen-bond acceptors (Lipinski definition) is 13. The Labute approximate surface area is 384 Å². The quantitative estimate of drug-likeness (QED) is 0.0390. The summed E-state index contributed by atoms with van der Waals surface area (Å²) in [5, 5.41) is 63.7.